The Kier molecular flexibility index (Phi) is 13.5. The van der Waals surface area contributed by atoms with Crippen LogP contribution in [0, 0.1) is 22.7 Å². The molecule has 0 rings (SSSR count). The lowest BCUT2D eigenvalue weighted by Crippen LogP contribution is -2.26. The van der Waals surface area contributed by atoms with Gasteiger partial charge in [-0.05, 0) is 74.5 Å². The van der Waals surface area contributed by atoms with Crippen LogP contribution < -0.4 is 22.9 Å². The second kappa shape index (κ2) is 12.3. The largest absolute Gasteiger partial charge is 0.330 e. The Labute approximate surface area is 139 Å². The van der Waals surface area contributed by atoms with Crippen molar-refractivity contribution >= 4 is 0 Å². The van der Waals surface area contributed by atoms with Gasteiger partial charge in [0.05, 0.1) is 0 Å². The monoisotopic (exact) mass is 316 g/mol. The third-order valence-corrected chi connectivity index (χ3v) is 4.24. The van der Waals surface area contributed by atoms with E-state index in [0.717, 1.165) is 39.0 Å². The summed E-state index contributed by atoms with van der Waals surface area (Å²) in [5.41, 5.74) is 22.8. The highest BCUT2D eigenvalue weighted by atomic mass is 14.6. The minimum atomic E-state index is 0.286. The highest BCUT2D eigenvalue weighted by Gasteiger charge is 2.19. The van der Waals surface area contributed by atoms with Crippen LogP contribution in [-0.4, -0.2) is 26.2 Å². The lowest BCUT2D eigenvalue weighted by molar-refractivity contribution is 0.264. The molecule has 22 heavy (non-hydrogen) atoms. The van der Waals surface area contributed by atoms with Crippen LogP contribution in [0.4, 0.5) is 0 Å². The van der Waals surface area contributed by atoms with Gasteiger partial charge in [-0.1, -0.05) is 41.5 Å². The van der Waals surface area contributed by atoms with Crippen LogP contribution in [0.1, 0.15) is 67.2 Å². The molecule has 4 heteroatoms. The summed E-state index contributed by atoms with van der Waals surface area (Å²) in [7, 11) is 0. The van der Waals surface area contributed by atoms with E-state index in [9.17, 15) is 0 Å². The van der Waals surface area contributed by atoms with Crippen molar-refractivity contribution in [2.24, 2.45) is 45.6 Å². The maximum Gasteiger partial charge on any atom is -0.00257 e. The van der Waals surface area contributed by atoms with E-state index >= 15 is 0 Å². The minimum Gasteiger partial charge on any atom is -0.330 e. The maximum absolute atomic E-state index is 5.62. The zero-order valence-corrected chi connectivity index (χ0v) is 16.1. The summed E-state index contributed by atoms with van der Waals surface area (Å²) in [5, 5.41) is 0. The van der Waals surface area contributed by atoms with E-state index in [4.69, 9.17) is 22.9 Å². The van der Waals surface area contributed by atoms with Gasteiger partial charge >= 0.3 is 0 Å². The Morgan fingerprint density at radius 2 is 1.23 bits per heavy atom. The van der Waals surface area contributed by atoms with Crippen molar-refractivity contribution in [1.29, 1.82) is 0 Å². The lowest BCUT2D eigenvalue weighted by Gasteiger charge is -2.26. The lowest BCUT2D eigenvalue weighted by atomic mass is 9.81. The smallest absolute Gasteiger partial charge is 0.00257 e. The normalized spacial score (nSPS) is 15.0. The van der Waals surface area contributed by atoms with Gasteiger partial charge in [-0.15, -0.1) is 0 Å². The van der Waals surface area contributed by atoms with Crippen LogP contribution in [0.15, 0.2) is 0 Å². The van der Waals surface area contributed by atoms with Crippen molar-refractivity contribution in [2.45, 2.75) is 67.2 Å². The highest BCUT2D eigenvalue weighted by Crippen LogP contribution is 2.28. The van der Waals surface area contributed by atoms with E-state index in [0.29, 0.717) is 17.3 Å². The molecule has 0 aromatic heterocycles. The molecule has 0 aliphatic carbocycles. The van der Waals surface area contributed by atoms with Crippen LogP contribution in [0.5, 0.6) is 0 Å². The fourth-order valence-corrected chi connectivity index (χ4v) is 2.93. The predicted molar refractivity (Wildman–Crippen MR) is 101 cm³/mol. The molecule has 0 fully saturated rings. The summed E-state index contributed by atoms with van der Waals surface area (Å²) < 4.78 is 0. The van der Waals surface area contributed by atoms with Gasteiger partial charge in [0, 0.05) is 0 Å². The maximum atomic E-state index is 5.62. The van der Waals surface area contributed by atoms with Gasteiger partial charge in [0.25, 0.3) is 0 Å². The zero-order valence-electron chi connectivity index (χ0n) is 16.1. The molecule has 2 unspecified atom stereocenters. The Morgan fingerprint density at radius 1 is 0.727 bits per heavy atom. The quantitative estimate of drug-likeness (QED) is 0.497. The van der Waals surface area contributed by atoms with Crippen molar-refractivity contribution in [3.63, 3.8) is 0 Å². The molecule has 0 aliphatic heterocycles. The molecule has 0 aliphatic rings. The first-order valence-corrected chi connectivity index (χ1v) is 8.83. The average molecular weight is 317 g/mol. The summed E-state index contributed by atoms with van der Waals surface area (Å²) in [6.07, 6.45) is 4.57. The summed E-state index contributed by atoms with van der Waals surface area (Å²) in [6.45, 7) is 16.5. The number of hydrogen-bond acceptors (Lipinski definition) is 4. The van der Waals surface area contributed by atoms with Gasteiger partial charge < -0.3 is 22.9 Å². The summed E-state index contributed by atoms with van der Waals surface area (Å²) in [5.74, 6) is 1.33. The fraction of sp³-hybridized carbons (Fsp3) is 1.00. The number of rotatable bonds is 10. The molecule has 8 N–H and O–H groups in total. The highest BCUT2D eigenvalue weighted by molar-refractivity contribution is 4.73. The second-order valence-electron chi connectivity index (χ2n) is 8.50. The summed E-state index contributed by atoms with van der Waals surface area (Å²) in [4.78, 5) is 0. The predicted octanol–water partition coefficient (Wildman–Crippen LogP) is 2.69. The minimum absolute atomic E-state index is 0.286. The fourth-order valence-electron chi connectivity index (χ4n) is 2.93. The van der Waals surface area contributed by atoms with Crippen LogP contribution in [0.25, 0.3) is 0 Å². The summed E-state index contributed by atoms with van der Waals surface area (Å²) in [6, 6.07) is 0. The van der Waals surface area contributed by atoms with Crippen LogP contribution in [0.2, 0.25) is 0 Å². The van der Waals surface area contributed by atoms with Crippen molar-refractivity contribution in [3.05, 3.63) is 0 Å². The molecule has 2 atom stereocenters. The first-order chi connectivity index (χ1) is 10.0. The van der Waals surface area contributed by atoms with Crippen molar-refractivity contribution in [3.8, 4) is 0 Å². The van der Waals surface area contributed by atoms with E-state index in [1.54, 1.807) is 0 Å². The van der Waals surface area contributed by atoms with E-state index in [-0.39, 0.29) is 5.41 Å². The first kappa shape index (κ1) is 24.1. The number of hydrogen-bond donors (Lipinski definition) is 4. The zero-order chi connectivity index (χ0) is 17.8. The molecule has 0 saturated heterocycles. The molecule has 136 valence electrons. The van der Waals surface area contributed by atoms with E-state index in [1.807, 2.05) is 0 Å². The van der Waals surface area contributed by atoms with Crippen molar-refractivity contribution in [2.75, 3.05) is 26.2 Å². The molecule has 0 aromatic carbocycles. The Hall–Kier alpha value is -0.160. The standard InChI is InChI=1S/2C9H22N2/c1-8(7-11)6-9(2,3)4-5-10;1-8(4-5-10)6-9(2,3)7-11/h2*8H,4-7,10-11H2,1-3H3. The third-order valence-electron chi connectivity index (χ3n) is 4.24. The van der Waals surface area contributed by atoms with Gasteiger partial charge in [-0.2, -0.15) is 0 Å². The summed E-state index contributed by atoms with van der Waals surface area (Å²) >= 11 is 0. The SMILES string of the molecule is CC(CCN)CC(C)(C)CN.CC(CN)CC(C)(C)CCN. The molecule has 0 saturated carbocycles. The van der Waals surface area contributed by atoms with Crippen LogP contribution >= 0.6 is 0 Å². The Morgan fingerprint density at radius 3 is 1.59 bits per heavy atom. The molecule has 0 amide bonds. The molecule has 0 bridgehead atoms. The molecule has 0 aromatic rings. The molecule has 0 spiro atoms. The Balaban J connectivity index is 0. The van der Waals surface area contributed by atoms with Gasteiger partial charge in [0.15, 0.2) is 0 Å². The van der Waals surface area contributed by atoms with E-state index in [1.165, 1.54) is 12.8 Å². The van der Waals surface area contributed by atoms with Gasteiger partial charge in [-0.25, -0.2) is 0 Å². The van der Waals surface area contributed by atoms with E-state index in [2.05, 4.69) is 41.5 Å². The van der Waals surface area contributed by atoms with Crippen molar-refractivity contribution < 1.29 is 0 Å². The molecular weight excluding hydrogens is 272 g/mol. The topological polar surface area (TPSA) is 104 Å². The molecule has 0 heterocycles. The molecule has 4 nitrogen and oxygen atoms in total. The van der Waals surface area contributed by atoms with Gasteiger partial charge in [-0.3, -0.25) is 0 Å². The third kappa shape index (κ3) is 14.8. The van der Waals surface area contributed by atoms with Gasteiger partial charge in [0.2, 0.25) is 0 Å². The average Bonchev–Trinajstić information content (AvgIpc) is 2.38. The van der Waals surface area contributed by atoms with Crippen LogP contribution in [0.3, 0.4) is 0 Å². The number of nitrogens with two attached hydrogens (primary N) is 4. The van der Waals surface area contributed by atoms with Gasteiger partial charge in [0.1, 0.15) is 0 Å². The van der Waals surface area contributed by atoms with Crippen LogP contribution in [-0.2, 0) is 0 Å². The second-order valence-corrected chi connectivity index (χ2v) is 8.50. The molecular formula is C18H44N4. The van der Waals surface area contributed by atoms with Crippen molar-refractivity contribution in [1.82, 2.24) is 0 Å². The Bertz CT molecular complexity index is 251. The molecule has 0 radical (unpaired) electrons. The van der Waals surface area contributed by atoms with E-state index < -0.39 is 0 Å². The first-order valence-electron chi connectivity index (χ1n) is 8.83.